The lowest BCUT2D eigenvalue weighted by molar-refractivity contribution is -1.63. The maximum Gasteiger partial charge on any atom is 0.433 e. The predicted octanol–water partition coefficient (Wildman–Crippen LogP) is -1.41. The molecule has 0 aliphatic carbocycles. The smallest absolute Gasteiger partial charge is 0.372 e. The molecule has 0 bridgehead atoms. The summed E-state index contributed by atoms with van der Waals surface area (Å²) >= 11 is -3.40. The quantitative estimate of drug-likeness (QED) is 0.594. The molecule has 1 aromatic rings. The number of hydrogen-bond acceptors (Lipinski definition) is 4. The van der Waals surface area contributed by atoms with Crippen molar-refractivity contribution in [2.24, 2.45) is 0 Å². The van der Waals surface area contributed by atoms with Gasteiger partial charge < -0.3 is 13.7 Å². The van der Waals surface area contributed by atoms with E-state index in [1.165, 1.54) is 0 Å². The summed E-state index contributed by atoms with van der Waals surface area (Å²) in [6.45, 7) is 0. The topological polar surface area (TPSA) is 78.4 Å². The molecule has 5 heteroatoms. The molecule has 1 rings (SSSR count). The van der Waals surface area contributed by atoms with Crippen LogP contribution >= 0.6 is 0 Å². The van der Waals surface area contributed by atoms with Crippen molar-refractivity contribution in [2.75, 3.05) is 14.1 Å². The number of nitrogens with one attached hydrogen (secondary N) is 1. The van der Waals surface area contributed by atoms with Crippen LogP contribution in [-0.4, -0.2) is 18.3 Å². The zero-order valence-corrected chi connectivity index (χ0v) is 9.19. The van der Waals surface area contributed by atoms with Crippen molar-refractivity contribution in [1.29, 1.82) is 0 Å². The summed E-state index contributed by atoms with van der Waals surface area (Å²) in [5, 5.41) is 2.75. The van der Waals surface area contributed by atoms with Crippen molar-refractivity contribution in [3.8, 4) is 0 Å². The van der Waals surface area contributed by atoms with Gasteiger partial charge in [0.25, 0.3) is 0 Å². The summed E-state index contributed by atoms with van der Waals surface area (Å²) in [7, 11) is 3.75. The lowest BCUT2D eigenvalue weighted by atomic mass is 10.4. The molecule has 76 valence electrons. The van der Waals surface area contributed by atoms with Crippen molar-refractivity contribution < 1.29 is 27.4 Å². The van der Waals surface area contributed by atoms with E-state index in [0.717, 1.165) is 0 Å². The first kappa shape index (κ1) is 15.0. The molecule has 0 radical (unpaired) electrons. The minimum atomic E-state index is -3.40. The summed E-state index contributed by atoms with van der Waals surface area (Å²) < 4.78 is 24.3. The fourth-order valence-electron chi connectivity index (χ4n) is 0.385. The highest BCUT2D eigenvalue weighted by Gasteiger charge is 1.86. The second-order valence-corrected chi connectivity index (χ2v) is 2.70. The third-order valence-electron chi connectivity index (χ3n) is 0.667. The van der Waals surface area contributed by atoms with Crippen LogP contribution in [-0.2, 0) is 0 Å². The third kappa shape index (κ3) is 34.2. The van der Waals surface area contributed by atoms with E-state index in [-0.39, 0.29) is 0 Å². The van der Waals surface area contributed by atoms with Gasteiger partial charge in [-0.2, -0.15) is 0 Å². The highest BCUT2D eigenvalue weighted by Crippen LogP contribution is 1.79. The minimum Gasteiger partial charge on any atom is -0.372 e. The summed E-state index contributed by atoms with van der Waals surface area (Å²) in [5.74, 6) is 0. The van der Waals surface area contributed by atoms with Gasteiger partial charge in [0, 0.05) is 0 Å². The van der Waals surface area contributed by atoms with Gasteiger partial charge in [-0.15, -0.1) is 0 Å². The van der Waals surface area contributed by atoms with Crippen molar-refractivity contribution in [1.82, 2.24) is 5.32 Å². The highest BCUT2D eigenvalue weighted by atomic mass is 80.0. The van der Waals surface area contributed by atoms with E-state index in [4.69, 9.17) is 12.6 Å². The van der Waals surface area contributed by atoms with Crippen molar-refractivity contribution in [2.45, 2.75) is 0 Å². The predicted molar refractivity (Wildman–Crippen MR) is 43.6 cm³/mol. The Morgan fingerprint density at radius 3 is 1.08 bits per heavy atom. The second-order valence-electron chi connectivity index (χ2n) is 1.86. The molecular weight excluding hydrogens is 238 g/mol. The Morgan fingerprint density at radius 2 is 1.00 bits per heavy atom. The van der Waals surface area contributed by atoms with Crippen molar-refractivity contribution >= 4 is 0 Å². The Balaban J connectivity index is 0. The van der Waals surface area contributed by atoms with E-state index in [9.17, 15) is 0 Å². The first-order valence-electron chi connectivity index (χ1n) is 3.48. The van der Waals surface area contributed by atoms with Gasteiger partial charge in [0.15, 0.2) is 0 Å². The van der Waals surface area contributed by atoms with Crippen LogP contribution < -0.4 is 13.7 Å². The van der Waals surface area contributed by atoms with Gasteiger partial charge in [0.1, 0.15) is 0 Å². The lowest BCUT2D eigenvalue weighted by Crippen LogP contribution is -2.30. The molecule has 0 fully saturated rings. The Hall–Kier alpha value is -0.460. The zero-order valence-electron chi connectivity index (χ0n) is 7.61. The second kappa shape index (κ2) is 14.1. The van der Waals surface area contributed by atoms with Crippen LogP contribution in [0.15, 0.2) is 36.4 Å². The molecule has 0 amide bonds. The molecular formula is C8H14BrNO3. The average Bonchev–Trinajstić information content (AvgIpc) is 2.08. The first-order valence-corrected chi connectivity index (χ1v) is 5.48. The Kier molecular flexibility index (Phi) is 16.3. The number of halogens is 1. The van der Waals surface area contributed by atoms with Gasteiger partial charge in [0.05, 0.1) is 0 Å². The maximum atomic E-state index is 8.63. The molecule has 0 heterocycles. The van der Waals surface area contributed by atoms with Gasteiger partial charge >= 0.3 is 14.8 Å². The Morgan fingerprint density at radius 1 is 0.923 bits per heavy atom. The summed E-state index contributed by atoms with van der Waals surface area (Å²) in [4.78, 5) is 0. The third-order valence-corrected chi connectivity index (χ3v) is 0.667. The molecule has 0 unspecified atom stereocenters. The molecule has 0 aliphatic rings. The van der Waals surface area contributed by atoms with Crippen LogP contribution in [0.25, 0.3) is 0 Å². The molecule has 13 heavy (non-hydrogen) atoms. The van der Waals surface area contributed by atoms with Gasteiger partial charge in [0.2, 0.25) is 0 Å². The lowest BCUT2D eigenvalue weighted by Gasteiger charge is -1.69. The first-order chi connectivity index (χ1) is 6.15. The van der Waals surface area contributed by atoms with Crippen molar-refractivity contribution in [3.63, 3.8) is 0 Å². The molecule has 2 N–H and O–H groups in total. The van der Waals surface area contributed by atoms with Gasteiger partial charge in [-0.1, -0.05) is 36.4 Å². The SMILES string of the molecule is CNC.[O-][Br+2]([O-])O.c1ccccc1. The van der Waals surface area contributed by atoms with Crippen LogP contribution in [0.3, 0.4) is 0 Å². The monoisotopic (exact) mass is 251 g/mol. The molecule has 0 aromatic heterocycles. The Bertz CT molecular complexity index is 131. The Labute approximate surface area is 83.7 Å². The average molecular weight is 252 g/mol. The van der Waals surface area contributed by atoms with Gasteiger partial charge in [-0.05, 0) is 18.3 Å². The van der Waals surface area contributed by atoms with E-state index in [1.54, 1.807) is 0 Å². The van der Waals surface area contributed by atoms with E-state index < -0.39 is 14.8 Å². The zero-order chi connectivity index (χ0) is 10.5. The van der Waals surface area contributed by atoms with E-state index in [0.29, 0.717) is 0 Å². The molecule has 0 atom stereocenters. The molecule has 0 aliphatic heterocycles. The maximum absolute atomic E-state index is 8.63. The largest absolute Gasteiger partial charge is 0.433 e. The summed E-state index contributed by atoms with van der Waals surface area (Å²) in [5.41, 5.74) is 0. The van der Waals surface area contributed by atoms with E-state index in [2.05, 4.69) is 5.32 Å². The molecule has 1 aromatic carbocycles. The van der Waals surface area contributed by atoms with Crippen LogP contribution in [0.1, 0.15) is 0 Å². The fourth-order valence-corrected chi connectivity index (χ4v) is 0.385. The fraction of sp³-hybridized carbons (Fsp3) is 0.250. The molecule has 0 spiro atoms. The molecule has 4 nitrogen and oxygen atoms in total. The minimum absolute atomic E-state index is 1.88. The van der Waals surface area contributed by atoms with E-state index in [1.807, 2.05) is 50.5 Å². The van der Waals surface area contributed by atoms with Crippen LogP contribution in [0, 0.1) is 14.8 Å². The summed E-state index contributed by atoms with van der Waals surface area (Å²) in [6.07, 6.45) is 0. The van der Waals surface area contributed by atoms with Crippen molar-refractivity contribution in [3.05, 3.63) is 36.4 Å². The number of benzene rings is 1. The number of hydrogen-bond donors (Lipinski definition) is 2. The van der Waals surface area contributed by atoms with Gasteiger partial charge in [-0.25, -0.2) is 0 Å². The molecule has 0 saturated heterocycles. The van der Waals surface area contributed by atoms with E-state index >= 15 is 0 Å². The summed E-state index contributed by atoms with van der Waals surface area (Å²) in [6, 6.07) is 12.0. The standard InChI is InChI=1S/C6H6.C2H7N.BrHO3/c1-2-4-6-5-3-1;1-3-2;2-1(3)4/h1-6H;3H,1-2H3;2H. The number of rotatable bonds is 0. The van der Waals surface area contributed by atoms with Crippen LogP contribution in [0.4, 0.5) is 0 Å². The van der Waals surface area contributed by atoms with Gasteiger partial charge in [-0.3, -0.25) is 0 Å². The highest BCUT2D eigenvalue weighted by molar-refractivity contribution is 4.99. The van der Waals surface area contributed by atoms with Crippen LogP contribution in [0.2, 0.25) is 0 Å². The normalized spacial score (nSPS) is 7.85. The molecule has 0 saturated carbocycles. The van der Waals surface area contributed by atoms with Crippen LogP contribution in [0.5, 0.6) is 0 Å².